The van der Waals surface area contributed by atoms with Gasteiger partial charge in [0.15, 0.2) is 32.9 Å². The van der Waals surface area contributed by atoms with E-state index in [2.05, 4.69) is 10.6 Å². The third-order valence-electron chi connectivity index (χ3n) is 11.4. The predicted octanol–water partition coefficient (Wildman–Crippen LogP) is 2.03. The van der Waals surface area contributed by atoms with E-state index in [1.54, 1.807) is 13.2 Å². The van der Waals surface area contributed by atoms with Crippen LogP contribution in [0.3, 0.4) is 0 Å². The van der Waals surface area contributed by atoms with Gasteiger partial charge in [-0.25, -0.2) is 26.4 Å². The number of carbonyl (C=O) groups excluding carboxylic acids is 8. The number of carbonyl (C=O) groups is 8. The molecule has 4 rings (SSSR count). The highest BCUT2D eigenvalue weighted by Crippen LogP contribution is 2.48. The molecular weight excluding hydrogens is 1040 g/mol. The molecule has 26 heteroatoms. The maximum atomic E-state index is 13.3. The lowest BCUT2D eigenvalue weighted by molar-refractivity contribution is -0.197. The van der Waals surface area contributed by atoms with E-state index in [0.29, 0.717) is 60.0 Å². The molecule has 2 fully saturated rings. The Morgan fingerprint density at radius 2 is 1.01 bits per heavy atom. The van der Waals surface area contributed by atoms with Gasteiger partial charge in [-0.15, -0.1) is 10.1 Å². The van der Waals surface area contributed by atoms with Crippen LogP contribution in [0.4, 0.5) is 0 Å². The van der Waals surface area contributed by atoms with E-state index >= 15 is 0 Å². The number of imide groups is 2. The minimum Gasteiger partial charge on any atom is -0.491 e. The van der Waals surface area contributed by atoms with Crippen LogP contribution in [0.5, 0.6) is 17.2 Å². The van der Waals surface area contributed by atoms with E-state index in [9.17, 15) is 55.2 Å². The second-order valence-electron chi connectivity index (χ2n) is 19.7. The first-order valence-electron chi connectivity index (χ1n) is 24.6. The molecule has 2 saturated heterocycles. The number of benzene rings is 2. The van der Waals surface area contributed by atoms with Crippen LogP contribution in [0.1, 0.15) is 103 Å². The van der Waals surface area contributed by atoms with Crippen LogP contribution >= 0.6 is 0 Å². The van der Waals surface area contributed by atoms with Gasteiger partial charge in [0.25, 0.3) is 35.4 Å². The van der Waals surface area contributed by atoms with Gasteiger partial charge >= 0.3 is 11.9 Å². The number of nitrogens with zero attached hydrogens (tertiary/aromatic N) is 2. The Morgan fingerprint density at radius 1 is 0.579 bits per heavy atom. The summed E-state index contributed by atoms with van der Waals surface area (Å²) in [5, 5.41) is 5.64. The maximum absolute atomic E-state index is 13.3. The van der Waals surface area contributed by atoms with Crippen molar-refractivity contribution in [1.29, 1.82) is 0 Å². The van der Waals surface area contributed by atoms with E-state index in [4.69, 9.17) is 38.1 Å². The lowest BCUT2D eigenvalue weighted by Gasteiger charge is -2.35. The summed E-state index contributed by atoms with van der Waals surface area (Å²) in [6.07, 6.45) is -1.77. The summed E-state index contributed by atoms with van der Waals surface area (Å²) < 4.78 is 85.2. The summed E-state index contributed by atoms with van der Waals surface area (Å²) >= 11 is 0. The van der Waals surface area contributed by atoms with Crippen LogP contribution in [0, 0.1) is 5.41 Å². The van der Waals surface area contributed by atoms with Crippen LogP contribution < -0.4 is 24.8 Å². The molecule has 2 aromatic rings. The Morgan fingerprint density at radius 3 is 1.45 bits per heavy atom. The minimum atomic E-state index is -3.93. The first-order chi connectivity index (χ1) is 35.7. The zero-order valence-electron chi connectivity index (χ0n) is 44.1. The zero-order valence-corrected chi connectivity index (χ0v) is 45.7. The molecule has 0 aromatic heterocycles. The molecule has 2 aliphatic rings. The van der Waals surface area contributed by atoms with Crippen molar-refractivity contribution < 1.29 is 93.3 Å². The second-order valence-corrected chi connectivity index (χ2v) is 24.3. The summed E-state index contributed by atoms with van der Waals surface area (Å²) in [4.78, 5) is 107. The molecule has 76 heavy (non-hydrogen) atoms. The second kappa shape index (κ2) is 28.8. The Hall–Kier alpha value is -6.22. The van der Waals surface area contributed by atoms with Crippen LogP contribution in [0.25, 0.3) is 0 Å². The molecule has 2 N–H and O–H groups in total. The smallest absolute Gasteiger partial charge is 0.334 e. The molecule has 24 nitrogen and oxygen atoms in total. The fraction of sp³-hybridized carbons (Fsp3) is 0.600. The summed E-state index contributed by atoms with van der Waals surface area (Å²) in [7, 11) is -6.25. The van der Waals surface area contributed by atoms with E-state index in [1.807, 2.05) is 71.9 Å². The Bertz CT molecular complexity index is 2580. The molecule has 0 saturated carbocycles. The topological polar surface area (TPSA) is 309 Å². The molecule has 6 amide bonds. The normalized spacial score (nSPS) is 14.7. The zero-order chi connectivity index (χ0) is 56.3. The lowest BCUT2D eigenvalue weighted by Crippen LogP contribution is -2.35. The fourth-order valence-electron chi connectivity index (χ4n) is 7.59. The standard InChI is InChI=1S/C50H70N4O20S2/c1-49(2,3)37-30-36(48(50(4,5)6)34-8-10-35(11-9-34)70-25-24-69-23-22-68-21-20-67-7)38(71-32-40(55)51-18-28-75(63,64)26-16-46(61)73-53-42(57)12-13-43(53)58)31-39(37)72-33-41(56)52-19-29-76(65,66)27-17-47(62)74-54-44(59)14-15-45(54)60/h8-11,30-31,48H,12-29,32-33H2,1-7H3,(H,51,55)(H,52,56). The molecule has 0 radical (unpaired) electrons. The van der Waals surface area contributed by atoms with E-state index in [-0.39, 0.29) is 56.9 Å². The molecule has 2 aliphatic heterocycles. The Kier molecular flexibility index (Phi) is 23.6. The van der Waals surface area contributed by atoms with Crippen molar-refractivity contribution in [2.75, 3.05) is 96.1 Å². The van der Waals surface area contributed by atoms with Gasteiger partial charge < -0.3 is 48.7 Å². The number of hydroxylamine groups is 4. The molecule has 0 aliphatic carbocycles. The number of sulfone groups is 2. The number of hydrogen-bond donors (Lipinski definition) is 2. The van der Waals surface area contributed by atoms with Crippen molar-refractivity contribution in [3.8, 4) is 17.2 Å². The third kappa shape index (κ3) is 20.7. The number of nitrogens with one attached hydrogen (secondary N) is 2. The summed E-state index contributed by atoms with van der Waals surface area (Å²) in [6, 6.07) is 10.9. The number of hydrogen-bond acceptors (Lipinski definition) is 20. The Labute approximate surface area is 442 Å². The van der Waals surface area contributed by atoms with Crippen molar-refractivity contribution >= 4 is 67.1 Å². The predicted molar refractivity (Wildman–Crippen MR) is 270 cm³/mol. The third-order valence-corrected chi connectivity index (χ3v) is 14.7. The molecule has 0 spiro atoms. The van der Waals surface area contributed by atoms with Crippen LogP contribution in [-0.4, -0.2) is 170 Å². The van der Waals surface area contributed by atoms with Crippen molar-refractivity contribution in [2.45, 2.75) is 91.4 Å². The van der Waals surface area contributed by atoms with Gasteiger partial charge in [-0.1, -0.05) is 53.7 Å². The van der Waals surface area contributed by atoms with Crippen LogP contribution in [0.2, 0.25) is 0 Å². The molecular formula is C50H70N4O20S2. The number of methoxy groups -OCH3 is 1. The van der Waals surface area contributed by atoms with Crippen LogP contribution in [-0.2, 0) is 87.3 Å². The largest absolute Gasteiger partial charge is 0.491 e. The highest BCUT2D eigenvalue weighted by molar-refractivity contribution is 7.91. The molecule has 1 unspecified atom stereocenters. The van der Waals surface area contributed by atoms with Gasteiger partial charge in [0, 0.05) is 69.0 Å². The highest BCUT2D eigenvalue weighted by atomic mass is 32.2. The summed E-state index contributed by atoms with van der Waals surface area (Å²) in [6.45, 7) is 12.4. The monoisotopic (exact) mass is 1110 g/mol. The van der Waals surface area contributed by atoms with Crippen molar-refractivity contribution in [2.24, 2.45) is 5.41 Å². The van der Waals surface area contributed by atoms with Gasteiger partial charge in [-0.2, -0.15) is 0 Å². The van der Waals surface area contributed by atoms with E-state index in [1.165, 1.54) is 0 Å². The Balaban J connectivity index is 1.48. The van der Waals surface area contributed by atoms with Crippen LogP contribution in [0.15, 0.2) is 36.4 Å². The van der Waals surface area contributed by atoms with Gasteiger partial charge in [-0.05, 0) is 34.6 Å². The van der Waals surface area contributed by atoms with Crippen molar-refractivity contribution in [1.82, 2.24) is 20.8 Å². The minimum absolute atomic E-state index is 0.122. The average Bonchev–Trinajstić information content (AvgIpc) is 3.83. The molecule has 2 aromatic carbocycles. The van der Waals surface area contributed by atoms with Gasteiger partial charge in [0.1, 0.15) is 23.9 Å². The highest BCUT2D eigenvalue weighted by Gasteiger charge is 2.36. The first kappa shape index (κ1) is 62.3. The fourth-order valence-corrected chi connectivity index (χ4v) is 9.78. The van der Waals surface area contributed by atoms with Gasteiger partial charge in [0.05, 0.1) is 68.9 Å². The lowest BCUT2D eigenvalue weighted by atomic mass is 9.71. The quantitative estimate of drug-likeness (QED) is 0.0782. The van der Waals surface area contributed by atoms with Crippen molar-refractivity contribution in [3.05, 3.63) is 53.1 Å². The van der Waals surface area contributed by atoms with Gasteiger partial charge in [-0.3, -0.25) is 28.8 Å². The summed E-state index contributed by atoms with van der Waals surface area (Å²) in [5.41, 5.74) is 1.00. The first-order valence-corrected chi connectivity index (χ1v) is 28.2. The molecule has 1 atom stereocenters. The number of rotatable bonds is 32. The summed E-state index contributed by atoms with van der Waals surface area (Å²) in [5.74, 6) is -8.28. The maximum Gasteiger partial charge on any atom is 0.334 e. The number of ether oxygens (including phenoxy) is 6. The molecule has 0 bridgehead atoms. The van der Waals surface area contributed by atoms with Crippen molar-refractivity contribution in [3.63, 3.8) is 0 Å². The van der Waals surface area contributed by atoms with E-state index < -0.39 is 133 Å². The molecule has 422 valence electrons. The van der Waals surface area contributed by atoms with Gasteiger partial charge in [0.2, 0.25) is 0 Å². The average molecular weight is 1110 g/mol. The van der Waals surface area contributed by atoms with E-state index in [0.717, 1.165) is 5.56 Å². The SMILES string of the molecule is COCCOCCOCCOc1ccc(C(c2cc(C(C)(C)C)c(OCC(=O)NCCS(=O)(=O)CCC(=O)ON3C(=O)CCC3=O)cc2OCC(=O)NCCS(=O)(=O)CCC(=O)ON2C(=O)CCC2=O)C(C)(C)C)cc1. The molecule has 2 heterocycles. The number of amides is 6.